The molecule has 1 saturated heterocycles. The summed E-state index contributed by atoms with van der Waals surface area (Å²) in [5.41, 5.74) is 2.09. The van der Waals surface area contributed by atoms with Crippen molar-refractivity contribution in [1.29, 1.82) is 0 Å². The molecule has 1 aliphatic heterocycles. The molecule has 7 heteroatoms. The lowest BCUT2D eigenvalue weighted by molar-refractivity contribution is -0.159. The van der Waals surface area contributed by atoms with Crippen LogP contribution in [-0.2, 0) is 31.9 Å². The number of hydrogen-bond donors (Lipinski definition) is 0. The molecule has 0 radical (unpaired) electrons. The lowest BCUT2D eigenvalue weighted by Gasteiger charge is -2.28. The zero-order chi connectivity index (χ0) is 21.9. The van der Waals surface area contributed by atoms with Crippen LogP contribution in [0, 0.1) is 0 Å². The number of esters is 1. The Morgan fingerprint density at radius 3 is 1.83 bits per heavy atom. The highest BCUT2D eigenvalue weighted by Gasteiger charge is 2.38. The molecular formula is C23H23Cl2NO4. The topological polar surface area (TPSA) is 55.8 Å². The average molecular weight is 448 g/mol. The van der Waals surface area contributed by atoms with Gasteiger partial charge in [-0.15, -0.1) is 0 Å². The lowest BCUT2D eigenvalue weighted by Crippen LogP contribution is -2.39. The molecule has 1 aliphatic rings. The molecule has 30 heavy (non-hydrogen) atoms. The van der Waals surface area contributed by atoms with Gasteiger partial charge in [0.25, 0.3) is 5.91 Å². The first-order valence-electron chi connectivity index (χ1n) is 9.53. The van der Waals surface area contributed by atoms with Gasteiger partial charge in [-0.25, -0.2) is 4.79 Å². The van der Waals surface area contributed by atoms with E-state index in [1.165, 1.54) is 6.08 Å². The van der Waals surface area contributed by atoms with Gasteiger partial charge < -0.3 is 14.4 Å². The van der Waals surface area contributed by atoms with Gasteiger partial charge in [0.05, 0.1) is 6.08 Å². The van der Waals surface area contributed by atoms with Gasteiger partial charge >= 0.3 is 5.97 Å². The van der Waals surface area contributed by atoms with Crippen LogP contribution in [-0.4, -0.2) is 35.7 Å². The molecule has 0 spiro atoms. The third-order valence-electron chi connectivity index (χ3n) is 4.81. The second-order valence-corrected chi connectivity index (χ2v) is 8.54. The van der Waals surface area contributed by atoms with Crippen LogP contribution in [0.1, 0.15) is 25.0 Å². The van der Waals surface area contributed by atoms with Gasteiger partial charge in [-0.2, -0.15) is 0 Å². The first kappa shape index (κ1) is 22.2. The second kappa shape index (κ2) is 9.11. The van der Waals surface area contributed by atoms with Crippen LogP contribution in [0.3, 0.4) is 0 Å². The Kier molecular flexibility index (Phi) is 6.74. The highest BCUT2D eigenvalue weighted by atomic mass is 35.5. The Hall–Kier alpha value is -2.50. The number of rotatable bonds is 6. The Morgan fingerprint density at radius 2 is 1.43 bits per heavy atom. The van der Waals surface area contributed by atoms with E-state index in [0.717, 1.165) is 11.1 Å². The normalized spacial score (nSPS) is 16.5. The molecule has 3 rings (SSSR count). The number of carbonyl (C=O) groups excluding carboxylic acids is 2. The highest BCUT2D eigenvalue weighted by Crippen LogP contribution is 2.26. The zero-order valence-corrected chi connectivity index (χ0v) is 18.5. The highest BCUT2D eigenvalue weighted by molar-refractivity contribution is 6.30. The van der Waals surface area contributed by atoms with Crippen LogP contribution >= 0.6 is 23.2 Å². The van der Waals surface area contributed by atoms with Crippen molar-refractivity contribution in [3.63, 3.8) is 0 Å². The standard InChI is InChI=1S/C23H23Cl2NO4/c1-23(2)29-20(22(28)30-23)14-21(27)26(3)19(12-15-4-8-17(24)9-5-15)13-16-6-10-18(25)11-7-16/h4-11,14,19H,12-13H2,1-3H3. The molecule has 0 aromatic heterocycles. The Bertz CT molecular complexity index is 905. The van der Waals surface area contributed by atoms with E-state index >= 15 is 0 Å². The largest absolute Gasteiger partial charge is 0.445 e. The van der Waals surface area contributed by atoms with Crippen molar-refractivity contribution in [2.24, 2.45) is 0 Å². The van der Waals surface area contributed by atoms with E-state index in [4.69, 9.17) is 32.7 Å². The number of halogens is 2. The fourth-order valence-electron chi connectivity index (χ4n) is 3.21. The van der Waals surface area contributed by atoms with Gasteiger partial charge in [-0.1, -0.05) is 47.5 Å². The van der Waals surface area contributed by atoms with Gasteiger partial charge in [0.2, 0.25) is 11.5 Å². The van der Waals surface area contributed by atoms with Gasteiger partial charge in [0.1, 0.15) is 0 Å². The van der Waals surface area contributed by atoms with Crippen molar-refractivity contribution in [3.8, 4) is 0 Å². The van der Waals surface area contributed by atoms with Crippen LogP contribution < -0.4 is 0 Å². The summed E-state index contributed by atoms with van der Waals surface area (Å²) in [5.74, 6) is -2.15. The predicted octanol–water partition coefficient (Wildman–Crippen LogP) is 4.80. The summed E-state index contributed by atoms with van der Waals surface area (Å²) in [6.45, 7) is 3.23. The maximum Gasteiger partial charge on any atom is 0.377 e. The molecule has 0 aliphatic carbocycles. The van der Waals surface area contributed by atoms with E-state index in [9.17, 15) is 9.59 Å². The summed E-state index contributed by atoms with van der Waals surface area (Å²) in [6.07, 6.45) is 2.41. The maximum absolute atomic E-state index is 12.9. The molecule has 0 atom stereocenters. The van der Waals surface area contributed by atoms with Gasteiger partial charge in [-0.3, -0.25) is 4.79 Å². The summed E-state index contributed by atoms with van der Waals surface area (Å²) in [4.78, 5) is 26.5. The first-order chi connectivity index (χ1) is 14.1. The Balaban J connectivity index is 1.82. The van der Waals surface area contributed by atoms with Crippen molar-refractivity contribution in [2.75, 3.05) is 7.05 Å². The molecule has 2 aromatic rings. The maximum atomic E-state index is 12.9. The minimum Gasteiger partial charge on any atom is -0.445 e. The zero-order valence-electron chi connectivity index (χ0n) is 17.0. The minimum atomic E-state index is -1.08. The third kappa shape index (κ3) is 5.77. The van der Waals surface area contributed by atoms with Crippen molar-refractivity contribution >= 4 is 35.1 Å². The molecule has 2 aromatic carbocycles. The van der Waals surface area contributed by atoms with Crippen molar-refractivity contribution < 1.29 is 19.1 Å². The molecule has 0 unspecified atom stereocenters. The summed E-state index contributed by atoms with van der Waals surface area (Å²) in [5, 5.41) is 1.31. The number of likely N-dealkylation sites (N-methyl/N-ethyl adjacent to an activating group) is 1. The van der Waals surface area contributed by atoms with Crippen LogP contribution in [0.5, 0.6) is 0 Å². The number of carbonyl (C=O) groups is 2. The van der Waals surface area contributed by atoms with E-state index in [2.05, 4.69) is 0 Å². The summed E-state index contributed by atoms with van der Waals surface area (Å²) in [6, 6.07) is 14.9. The van der Waals surface area contributed by atoms with Crippen molar-refractivity contribution in [1.82, 2.24) is 4.90 Å². The van der Waals surface area contributed by atoms with E-state index in [0.29, 0.717) is 22.9 Å². The average Bonchev–Trinajstić information content (AvgIpc) is 2.95. The predicted molar refractivity (Wildman–Crippen MR) is 116 cm³/mol. The second-order valence-electron chi connectivity index (χ2n) is 7.66. The number of amides is 1. The van der Waals surface area contributed by atoms with Crippen LogP contribution in [0.4, 0.5) is 0 Å². The fraction of sp³-hybridized carbons (Fsp3) is 0.304. The lowest BCUT2D eigenvalue weighted by atomic mass is 9.97. The monoisotopic (exact) mass is 447 g/mol. The summed E-state index contributed by atoms with van der Waals surface area (Å²) in [7, 11) is 1.71. The molecule has 1 fully saturated rings. The fourth-order valence-corrected chi connectivity index (χ4v) is 3.47. The number of ether oxygens (including phenoxy) is 2. The summed E-state index contributed by atoms with van der Waals surface area (Å²) >= 11 is 12.0. The number of benzene rings is 2. The quantitative estimate of drug-likeness (QED) is 0.471. The molecular weight excluding hydrogens is 425 g/mol. The molecule has 1 amide bonds. The molecule has 1 heterocycles. The van der Waals surface area contributed by atoms with E-state index in [1.54, 1.807) is 25.8 Å². The molecule has 5 nitrogen and oxygen atoms in total. The molecule has 158 valence electrons. The molecule has 0 bridgehead atoms. The van der Waals surface area contributed by atoms with Crippen molar-refractivity contribution in [3.05, 3.63) is 81.5 Å². The Labute approximate surface area is 186 Å². The van der Waals surface area contributed by atoms with Gasteiger partial charge in [0, 0.05) is 37.0 Å². The molecule has 0 saturated carbocycles. The number of nitrogens with zero attached hydrogens (tertiary/aromatic N) is 1. The van der Waals surface area contributed by atoms with Crippen LogP contribution in [0.15, 0.2) is 60.4 Å². The smallest absolute Gasteiger partial charge is 0.377 e. The van der Waals surface area contributed by atoms with Crippen LogP contribution in [0.2, 0.25) is 10.0 Å². The van der Waals surface area contributed by atoms with Gasteiger partial charge in [-0.05, 0) is 48.2 Å². The number of hydrogen-bond acceptors (Lipinski definition) is 4. The SMILES string of the molecule is CN(C(=O)C=C1OC(C)(C)OC1=O)C(Cc1ccc(Cl)cc1)Cc1ccc(Cl)cc1. The summed E-state index contributed by atoms with van der Waals surface area (Å²) < 4.78 is 10.5. The minimum absolute atomic E-state index is 0.0893. The van der Waals surface area contributed by atoms with E-state index in [-0.39, 0.29) is 17.7 Å². The van der Waals surface area contributed by atoms with Gasteiger partial charge in [0.15, 0.2) is 0 Å². The number of cyclic esters (lactones) is 1. The van der Waals surface area contributed by atoms with Crippen molar-refractivity contribution in [2.45, 2.75) is 38.5 Å². The van der Waals surface area contributed by atoms with Crippen LogP contribution in [0.25, 0.3) is 0 Å². The third-order valence-corrected chi connectivity index (χ3v) is 5.32. The van der Waals surface area contributed by atoms with E-state index < -0.39 is 11.8 Å². The Morgan fingerprint density at radius 1 is 0.967 bits per heavy atom. The van der Waals surface area contributed by atoms with E-state index in [1.807, 2.05) is 48.5 Å². The molecule has 0 N–H and O–H groups in total. The first-order valence-corrected chi connectivity index (χ1v) is 10.3.